The molecule has 0 radical (unpaired) electrons. The van der Waals surface area contributed by atoms with Gasteiger partial charge < -0.3 is 9.84 Å². The molecular weight excluding hydrogens is 269 g/mol. The number of alkyl halides is 3. The van der Waals surface area contributed by atoms with E-state index in [9.17, 15) is 18.3 Å². The summed E-state index contributed by atoms with van der Waals surface area (Å²) in [6, 6.07) is 0. The molecule has 2 nitrogen and oxygen atoms in total. The van der Waals surface area contributed by atoms with E-state index in [4.69, 9.17) is 0 Å². The number of rotatable bonds is 6. The molecule has 1 N–H and O–H groups in total. The predicted molar refractivity (Wildman–Crippen MR) is 72.4 cm³/mol. The number of aliphatic hydroxyl groups excluding tert-OH is 1. The predicted octanol–water partition coefficient (Wildman–Crippen LogP) is 4.17. The van der Waals surface area contributed by atoms with Gasteiger partial charge in [-0.1, -0.05) is 27.2 Å². The van der Waals surface area contributed by atoms with E-state index in [1.165, 1.54) is 0 Å². The van der Waals surface area contributed by atoms with Crippen molar-refractivity contribution in [3.8, 4) is 0 Å². The molecule has 0 aliphatic heterocycles. The van der Waals surface area contributed by atoms with E-state index in [2.05, 4.69) is 25.5 Å². The van der Waals surface area contributed by atoms with Gasteiger partial charge in [0, 0.05) is 6.61 Å². The Labute approximate surface area is 119 Å². The topological polar surface area (TPSA) is 29.5 Å². The average molecular weight is 296 g/mol. The molecule has 120 valence electrons. The lowest BCUT2D eigenvalue weighted by Gasteiger charge is -2.42. The summed E-state index contributed by atoms with van der Waals surface area (Å²) in [6.07, 6.45) is -0.203. The molecular formula is C15H27F3O2. The Morgan fingerprint density at radius 2 is 1.85 bits per heavy atom. The fourth-order valence-electron chi connectivity index (χ4n) is 3.27. The summed E-state index contributed by atoms with van der Waals surface area (Å²) >= 11 is 0. The molecule has 0 saturated heterocycles. The summed E-state index contributed by atoms with van der Waals surface area (Å²) in [5.74, 6) is 0.800. The molecule has 20 heavy (non-hydrogen) atoms. The van der Waals surface area contributed by atoms with Gasteiger partial charge in [0.1, 0.15) is 6.61 Å². The van der Waals surface area contributed by atoms with Gasteiger partial charge in [-0.25, -0.2) is 0 Å². The fraction of sp³-hybridized carbons (Fsp3) is 1.00. The van der Waals surface area contributed by atoms with Crippen molar-refractivity contribution < 1.29 is 23.0 Å². The molecule has 1 fully saturated rings. The Morgan fingerprint density at radius 3 is 2.40 bits per heavy atom. The Hall–Kier alpha value is -0.290. The molecule has 1 aliphatic carbocycles. The van der Waals surface area contributed by atoms with Crippen molar-refractivity contribution in [3.63, 3.8) is 0 Å². The summed E-state index contributed by atoms with van der Waals surface area (Å²) in [7, 11) is 0. The van der Waals surface area contributed by atoms with Gasteiger partial charge in [-0.3, -0.25) is 0 Å². The lowest BCUT2D eigenvalue weighted by Crippen LogP contribution is -2.38. The third kappa shape index (κ3) is 6.00. The molecule has 3 atom stereocenters. The fourth-order valence-corrected chi connectivity index (χ4v) is 3.27. The van der Waals surface area contributed by atoms with Crippen LogP contribution in [0.3, 0.4) is 0 Å². The molecule has 0 heterocycles. The lowest BCUT2D eigenvalue weighted by molar-refractivity contribution is -0.174. The van der Waals surface area contributed by atoms with Gasteiger partial charge in [-0.2, -0.15) is 13.2 Å². The van der Waals surface area contributed by atoms with Crippen molar-refractivity contribution >= 4 is 0 Å². The average Bonchev–Trinajstić information content (AvgIpc) is 2.26. The van der Waals surface area contributed by atoms with Crippen LogP contribution in [0.2, 0.25) is 0 Å². The number of aliphatic hydroxyl groups is 1. The minimum Gasteiger partial charge on any atom is -0.393 e. The summed E-state index contributed by atoms with van der Waals surface area (Å²) in [5, 5.41) is 10.2. The summed E-state index contributed by atoms with van der Waals surface area (Å²) in [6.45, 7) is 5.30. The van der Waals surface area contributed by atoms with Crippen LogP contribution in [0, 0.1) is 17.3 Å². The van der Waals surface area contributed by atoms with Crippen LogP contribution in [0.1, 0.15) is 52.9 Å². The lowest BCUT2D eigenvalue weighted by atomic mass is 9.66. The zero-order chi connectivity index (χ0) is 15.4. The Morgan fingerprint density at radius 1 is 1.20 bits per heavy atom. The Bertz CT molecular complexity index is 289. The highest BCUT2D eigenvalue weighted by Gasteiger charge is 2.37. The van der Waals surface area contributed by atoms with E-state index in [1.54, 1.807) is 0 Å². The molecule has 0 bridgehead atoms. The second-order valence-corrected chi connectivity index (χ2v) is 6.85. The molecule has 5 heteroatoms. The molecule has 1 rings (SSSR count). The molecule has 1 saturated carbocycles. The van der Waals surface area contributed by atoms with Crippen molar-refractivity contribution in [2.75, 3.05) is 13.2 Å². The molecule has 0 aromatic carbocycles. The SMILES string of the molecule is CC1CCC(C(C)(C)CCCOCC(F)(F)F)C(O)C1. The molecule has 0 aromatic heterocycles. The second kappa shape index (κ2) is 7.12. The number of hydrogen-bond donors (Lipinski definition) is 1. The molecule has 0 spiro atoms. The second-order valence-electron chi connectivity index (χ2n) is 6.85. The highest BCUT2D eigenvalue weighted by Crippen LogP contribution is 2.42. The smallest absolute Gasteiger partial charge is 0.393 e. The monoisotopic (exact) mass is 296 g/mol. The van der Waals surface area contributed by atoms with Gasteiger partial charge in [-0.05, 0) is 42.9 Å². The van der Waals surface area contributed by atoms with Crippen molar-refractivity contribution in [1.82, 2.24) is 0 Å². The molecule has 1 aliphatic rings. The molecule has 0 amide bonds. The van der Waals surface area contributed by atoms with E-state index in [0.29, 0.717) is 12.3 Å². The maximum absolute atomic E-state index is 11.9. The van der Waals surface area contributed by atoms with E-state index in [1.807, 2.05) is 0 Å². The van der Waals surface area contributed by atoms with Crippen molar-refractivity contribution in [1.29, 1.82) is 0 Å². The van der Waals surface area contributed by atoms with Crippen LogP contribution in [-0.2, 0) is 4.74 Å². The summed E-state index contributed by atoms with van der Waals surface area (Å²) in [4.78, 5) is 0. The minimum atomic E-state index is -4.24. The zero-order valence-electron chi connectivity index (χ0n) is 12.7. The summed E-state index contributed by atoms with van der Waals surface area (Å²) in [5.41, 5.74) is -0.0544. The highest BCUT2D eigenvalue weighted by molar-refractivity contribution is 4.88. The van der Waals surface area contributed by atoms with E-state index >= 15 is 0 Å². The van der Waals surface area contributed by atoms with E-state index in [0.717, 1.165) is 25.7 Å². The van der Waals surface area contributed by atoms with Crippen molar-refractivity contribution in [2.24, 2.45) is 17.3 Å². The third-order valence-electron chi connectivity index (χ3n) is 4.46. The van der Waals surface area contributed by atoms with E-state index in [-0.39, 0.29) is 24.0 Å². The van der Waals surface area contributed by atoms with Crippen molar-refractivity contribution in [2.45, 2.75) is 65.2 Å². The Kier molecular flexibility index (Phi) is 6.32. The largest absolute Gasteiger partial charge is 0.411 e. The first-order valence-electron chi connectivity index (χ1n) is 7.44. The minimum absolute atomic E-state index is 0.0544. The van der Waals surface area contributed by atoms with Crippen LogP contribution in [0.15, 0.2) is 0 Å². The quantitative estimate of drug-likeness (QED) is 0.745. The third-order valence-corrected chi connectivity index (χ3v) is 4.46. The van der Waals surface area contributed by atoms with Crippen LogP contribution in [-0.4, -0.2) is 30.6 Å². The van der Waals surface area contributed by atoms with Crippen molar-refractivity contribution in [3.05, 3.63) is 0 Å². The first kappa shape index (κ1) is 17.8. The zero-order valence-corrected chi connectivity index (χ0v) is 12.7. The van der Waals surface area contributed by atoms with Crippen LogP contribution in [0.4, 0.5) is 13.2 Å². The normalized spacial score (nSPS) is 28.6. The first-order valence-corrected chi connectivity index (χ1v) is 7.44. The maximum Gasteiger partial charge on any atom is 0.411 e. The van der Waals surface area contributed by atoms with Crippen LogP contribution >= 0.6 is 0 Å². The van der Waals surface area contributed by atoms with Gasteiger partial charge in [0.25, 0.3) is 0 Å². The van der Waals surface area contributed by atoms with Crippen LogP contribution in [0.25, 0.3) is 0 Å². The van der Waals surface area contributed by atoms with Crippen LogP contribution < -0.4 is 0 Å². The highest BCUT2D eigenvalue weighted by atomic mass is 19.4. The van der Waals surface area contributed by atoms with E-state index < -0.39 is 12.8 Å². The van der Waals surface area contributed by atoms with Gasteiger partial charge in [-0.15, -0.1) is 0 Å². The number of hydrogen-bond acceptors (Lipinski definition) is 2. The van der Waals surface area contributed by atoms with Crippen LogP contribution in [0.5, 0.6) is 0 Å². The maximum atomic E-state index is 11.9. The van der Waals surface area contributed by atoms with Gasteiger partial charge in [0.2, 0.25) is 0 Å². The first-order chi connectivity index (χ1) is 9.12. The number of ether oxygens (including phenoxy) is 1. The number of halogens is 3. The van der Waals surface area contributed by atoms with Gasteiger partial charge >= 0.3 is 6.18 Å². The van der Waals surface area contributed by atoms with Gasteiger partial charge in [0.05, 0.1) is 6.10 Å². The molecule has 3 unspecified atom stereocenters. The Balaban J connectivity index is 2.30. The summed E-state index contributed by atoms with van der Waals surface area (Å²) < 4.78 is 40.4. The van der Waals surface area contributed by atoms with Gasteiger partial charge in [0.15, 0.2) is 0 Å². The standard InChI is InChI=1S/C15H27F3O2/c1-11-5-6-12(13(19)9-11)14(2,3)7-4-8-20-10-15(16,17)18/h11-13,19H,4-10H2,1-3H3. The molecule has 0 aromatic rings.